The molecule has 0 aromatic heterocycles. The fraction of sp³-hybridized carbons (Fsp3) is 0.294. The van der Waals surface area contributed by atoms with Crippen LogP contribution in [0.1, 0.15) is 12.0 Å². The highest BCUT2D eigenvalue weighted by atomic mass is 16.5. The maximum Gasteiger partial charge on any atom is 0.339 e. The average molecular weight is 317 g/mol. The van der Waals surface area contributed by atoms with Gasteiger partial charge >= 0.3 is 11.9 Å². The number of hydrogen-bond acceptors (Lipinski definition) is 6. The minimum Gasteiger partial charge on any atom is -0.465 e. The summed E-state index contributed by atoms with van der Waals surface area (Å²) >= 11 is 0. The van der Waals surface area contributed by atoms with Crippen LogP contribution in [-0.2, 0) is 25.7 Å². The molecule has 0 fully saturated rings. The van der Waals surface area contributed by atoms with Gasteiger partial charge in [-0.05, 0) is 18.1 Å². The molecule has 0 radical (unpaired) electrons. The highest BCUT2D eigenvalue weighted by molar-refractivity contribution is 5.95. The first kappa shape index (κ1) is 16.8. The lowest BCUT2D eigenvalue weighted by atomic mass is 9.79. The van der Waals surface area contributed by atoms with Crippen LogP contribution in [0, 0.1) is 5.41 Å². The third-order valence-corrected chi connectivity index (χ3v) is 3.72. The van der Waals surface area contributed by atoms with E-state index in [1.807, 2.05) is 30.3 Å². The van der Waals surface area contributed by atoms with Crippen molar-refractivity contribution in [2.45, 2.75) is 13.0 Å². The van der Waals surface area contributed by atoms with E-state index in [0.717, 1.165) is 5.56 Å². The Morgan fingerprint density at radius 3 is 2.61 bits per heavy atom. The minimum absolute atomic E-state index is 0.0597. The van der Waals surface area contributed by atoms with Gasteiger partial charge in [0.15, 0.2) is 0 Å². The SMILES string of the molecule is COC(=O)C1=CC(CO)(C(=O)OCc2ccccc2)CC=C1N. The number of hydrogen-bond donors (Lipinski definition) is 2. The van der Waals surface area contributed by atoms with E-state index < -0.39 is 24.0 Å². The molecule has 0 bridgehead atoms. The van der Waals surface area contributed by atoms with Gasteiger partial charge in [0.2, 0.25) is 0 Å². The predicted octanol–water partition coefficient (Wildman–Crippen LogP) is 1.05. The number of carbonyl (C=O) groups is 2. The Hall–Kier alpha value is -2.60. The Morgan fingerprint density at radius 2 is 2.00 bits per heavy atom. The van der Waals surface area contributed by atoms with Crippen LogP contribution < -0.4 is 5.73 Å². The normalized spacial score (nSPS) is 20.3. The summed E-state index contributed by atoms with van der Waals surface area (Å²) in [7, 11) is 1.22. The zero-order valence-corrected chi connectivity index (χ0v) is 12.8. The molecule has 0 amide bonds. The van der Waals surface area contributed by atoms with Crippen molar-refractivity contribution in [2.75, 3.05) is 13.7 Å². The first-order valence-electron chi connectivity index (χ1n) is 7.11. The van der Waals surface area contributed by atoms with Crippen LogP contribution in [0.15, 0.2) is 53.8 Å². The zero-order chi connectivity index (χ0) is 16.9. The van der Waals surface area contributed by atoms with Crippen LogP contribution >= 0.6 is 0 Å². The number of aliphatic hydroxyl groups excluding tert-OH is 1. The Kier molecular flexibility index (Phi) is 5.18. The summed E-state index contributed by atoms with van der Waals surface area (Å²) in [5.74, 6) is -1.28. The predicted molar refractivity (Wildman–Crippen MR) is 82.7 cm³/mol. The van der Waals surface area contributed by atoms with Crippen LogP contribution in [0.5, 0.6) is 0 Å². The summed E-state index contributed by atoms with van der Waals surface area (Å²) in [4.78, 5) is 24.2. The highest BCUT2D eigenvalue weighted by Crippen LogP contribution is 2.34. The van der Waals surface area contributed by atoms with Crippen LogP contribution in [0.4, 0.5) is 0 Å². The molecular weight excluding hydrogens is 298 g/mol. The van der Waals surface area contributed by atoms with E-state index in [9.17, 15) is 14.7 Å². The lowest BCUT2D eigenvalue weighted by Crippen LogP contribution is -2.37. The molecule has 3 N–H and O–H groups in total. The molecule has 1 unspecified atom stereocenters. The molecule has 0 saturated carbocycles. The molecule has 1 aromatic carbocycles. The average Bonchev–Trinajstić information content (AvgIpc) is 2.60. The molecule has 6 nitrogen and oxygen atoms in total. The van der Waals surface area contributed by atoms with E-state index in [1.165, 1.54) is 19.3 Å². The lowest BCUT2D eigenvalue weighted by molar-refractivity contribution is -0.156. The second-order valence-corrected chi connectivity index (χ2v) is 5.29. The maximum absolute atomic E-state index is 12.4. The van der Waals surface area contributed by atoms with Crippen LogP contribution in [0.3, 0.4) is 0 Å². The topological polar surface area (TPSA) is 98.8 Å². The molecular formula is C17H19NO5. The van der Waals surface area contributed by atoms with Crippen molar-refractivity contribution < 1.29 is 24.2 Å². The van der Waals surface area contributed by atoms with Crippen LogP contribution in [0.2, 0.25) is 0 Å². The molecule has 1 atom stereocenters. The summed E-state index contributed by atoms with van der Waals surface area (Å²) in [6.45, 7) is -0.410. The molecule has 0 heterocycles. The van der Waals surface area contributed by atoms with Crippen LogP contribution in [-0.4, -0.2) is 30.8 Å². The molecule has 1 aliphatic rings. The largest absolute Gasteiger partial charge is 0.465 e. The Morgan fingerprint density at radius 1 is 1.30 bits per heavy atom. The van der Waals surface area contributed by atoms with Crippen molar-refractivity contribution in [1.82, 2.24) is 0 Å². The second kappa shape index (κ2) is 7.11. The van der Waals surface area contributed by atoms with Gasteiger partial charge in [-0.3, -0.25) is 4.79 Å². The Labute approximate surface area is 134 Å². The number of aliphatic hydroxyl groups is 1. The molecule has 2 rings (SSSR count). The number of methoxy groups -OCH3 is 1. The fourth-order valence-corrected chi connectivity index (χ4v) is 2.29. The summed E-state index contributed by atoms with van der Waals surface area (Å²) < 4.78 is 9.94. The third kappa shape index (κ3) is 3.60. The van der Waals surface area contributed by atoms with Crippen molar-refractivity contribution in [3.63, 3.8) is 0 Å². The fourth-order valence-electron chi connectivity index (χ4n) is 2.29. The molecule has 0 aliphatic heterocycles. The Bertz CT molecular complexity index is 650. The van der Waals surface area contributed by atoms with E-state index in [4.69, 9.17) is 10.5 Å². The van der Waals surface area contributed by atoms with E-state index in [1.54, 1.807) is 0 Å². The molecule has 1 aliphatic carbocycles. The molecule has 6 heteroatoms. The van der Waals surface area contributed by atoms with Gasteiger partial charge in [0.25, 0.3) is 0 Å². The molecule has 0 spiro atoms. The van der Waals surface area contributed by atoms with E-state index >= 15 is 0 Å². The number of carbonyl (C=O) groups excluding carboxylic acids is 2. The number of allylic oxidation sites excluding steroid dienone is 1. The quantitative estimate of drug-likeness (QED) is 0.788. The number of benzene rings is 1. The van der Waals surface area contributed by atoms with Crippen molar-refractivity contribution in [3.05, 3.63) is 59.3 Å². The van der Waals surface area contributed by atoms with Gasteiger partial charge in [-0.2, -0.15) is 0 Å². The standard InChI is InChI=1S/C17H19NO5/c1-22-15(20)13-9-17(11-19,8-7-14(13)18)16(21)23-10-12-5-3-2-4-6-12/h2-7,9,19H,8,10-11,18H2,1H3. The molecule has 0 saturated heterocycles. The monoisotopic (exact) mass is 317 g/mol. The van der Waals surface area contributed by atoms with Crippen LogP contribution in [0.25, 0.3) is 0 Å². The van der Waals surface area contributed by atoms with E-state index in [-0.39, 0.29) is 24.3 Å². The van der Waals surface area contributed by atoms with Crippen molar-refractivity contribution in [1.29, 1.82) is 0 Å². The van der Waals surface area contributed by atoms with Gasteiger partial charge in [-0.25, -0.2) is 4.79 Å². The highest BCUT2D eigenvalue weighted by Gasteiger charge is 2.40. The summed E-state index contributed by atoms with van der Waals surface area (Å²) in [5.41, 5.74) is 5.53. The molecule has 23 heavy (non-hydrogen) atoms. The smallest absolute Gasteiger partial charge is 0.339 e. The lowest BCUT2D eigenvalue weighted by Gasteiger charge is -2.29. The summed E-state index contributed by atoms with van der Waals surface area (Å²) in [6.07, 6.45) is 3.01. The van der Waals surface area contributed by atoms with Gasteiger partial charge < -0.3 is 20.3 Å². The summed E-state index contributed by atoms with van der Waals surface area (Å²) in [6, 6.07) is 9.19. The minimum atomic E-state index is -1.33. The van der Waals surface area contributed by atoms with Crippen molar-refractivity contribution in [3.8, 4) is 0 Å². The zero-order valence-electron chi connectivity index (χ0n) is 12.8. The number of esters is 2. The third-order valence-electron chi connectivity index (χ3n) is 3.72. The van der Waals surface area contributed by atoms with Gasteiger partial charge in [0, 0.05) is 5.70 Å². The maximum atomic E-state index is 12.4. The Balaban J connectivity index is 2.18. The van der Waals surface area contributed by atoms with Crippen molar-refractivity contribution >= 4 is 11.9 Å². The summed E-state index contributed by atoms with van der Waals surface area (Å²) in [5, 5.41) is 9.70. The van der Waals surface area contributed by atoms with Gasteiger partial charge in [0.1, 0.15) is 12.0 Å². The number of rotatable bonds is 5. The van der Waals surface area contributed by atoms with Crippen molar-refractivity contribution in [2.24, 2.45) is 11.1 Å². The van der Waals surface area contributed by atoms with E-state index in [2.05, 4.69) is 4.74 Å². The number of ether oxygens (including phenoxy) is 2. The first-order chi connectivity index (χ1) is 11.0. The van der Waals surface area contributed by atoms with E-state index in [0.29, 0.717) is 0 Å². The van der Waals surface area contributed by atoms with Gasteiger partial charge in [-0.1, -0.05) is 36.4 Å². The number of nitrogens with two attached hydrogens (primary N) is 1. The van der Waals surface area contributed by atoms with Gasteiger partial charge in [-0.15, -0.1) is 0 Å². The van der Waals surface area contributed by atoms with Gasteiger partial charge in [0.05, 0.1) is 19.3 Å². The molecule has 122 valence electrons. The molecule has 1 aromatic rings. The first-order valence-corrected chi connectivity index (χ1v) is 7.11. The second-order valence-electron chi connectivity index (χ2n) is 5.29.